The Balaban J connectivity index is 1.40. The number of hydrogen-bond donors (Lipinski definition) is 2. The molecule has 8 nitrogen and oxygen atoms in total. The molecule has 0 atom stereocenters. The fourth-order valence-corrected chi connectivity index (χ4v) is 2.98. The van der Waals surface area contributed by atoms with Gasteiger partial charge in [-0.1, -0.05) is 11.3 Å². The van der Waals surface area contributed by atoms with Gasteiger partial charge >= 0.3 is 0 Å². The number of fused-ring (bicyclic) bond motifs is 2. The molecule has 0 fully saturated rings. The fraction of sp³-hybridized carbons (Fsp3) is 0.154. The van der Waals surface area contributed by atoms with Crippen LogP contribution in [0.25, 0.3) is 16.0 Å². The highest BCUT2D eigenvalue weighted by atomic mass is 32.1. The van der Waals surface area contributed by atoms with Crippen LogP contribution in [0.5, 0.6) is 0 Å². The summed E-state index contributed by atoms with van der Waals surface area (Å²) in [4.78, 5) is 20.0. The van der Waals surface area contributed by atoms with Crippen LogP contribution in [0.2, 0.25) is 0 Å². The highest BCUT2D eigenvalue weighted by molar-refractivity contribution is 7.16. The maximum absolute atomic E-state index is 12.1. The molecule has 0 spiro atoms. The van der Waals surface area contributed by atoms with Crippen LogP contribution in [0.3, 0.4) is 0 Å². The summed E-state index contributed by atoms with van der Waals surface area (Å²) in [6.45, 7) is 0.518. The lowest BCUT2D eigenvalue weighted by Crippen LogP contribution is -2.25. The SMILES string of the molecule is O=C(NCCc1nn2cnnc2s1)c1ccc2nc[nH]c2c1. The number of aromatic amines is 1. The van der Waals surface area contributed by atoms with E-state index >= 15 is 0 Å². The maximum Gasteiger partial charge on any atom is 0.251 e. The Morgan fingerprint density at radius 3 is 3.27 bits per heavy atom. The molecule has 9 heteroatoms. The summed E-state index contributed by atoms with van der Waals surface area (Å²) in [5.41, 5.74) is 2.30. The highest BCUT2D eigenvalue weighted by Gasteiger charge is 2.09. The van der Waals surface area contributed by atoms with Gasteiger partial charge in [-0.3, -0.25) is 4.79 Å². The van der Waals surface area contributed by atoms with Gasteiger partial charge in [-0.2, -0.15) is 9.61 Å². The molecule has 2 N–H and O–H groups in total. The van der Waals surface area contributed by atoms with Gasteiger partial charge < -0.3 is 10.3 Å². The molecule has 1 amide bonds. The molecule has 0 aliphatic carbocycles. The van der Waals surface area contributed by atoms with Crippen molar-refractivity contribution >= 4 is 33.2 Å². The first-order chi connectivity index (χ1) is 10.8. The number of hydrogen-bond acceptors (Lipinski definition) is 6. The summed E-state index contributed by atoms with van der Waals surface area (Å²) in [7, 11) is 0. The number of nitrogens with one attached hydrogen (secondary N) is 2. The molecule has 4 rings (SSSR count). The third-order valence-electron chi connectivity index (χ3n) is 3.24. The van der Waals surface area contributed by atoms with Crippen LogP contribution in [-0.2, 0) is 6.42 Å². The van der Waals surface area contributed by atoms with E-state index in [2.05, 4.69) is 30.6 Å². The van der Waals surface area contributed by atoms with Gasteiger partial charge in [0.25, 0.3) is 5.91 Å². The van der Waals surface area contributed by atoms with Crippen LogP contribution in [0.15, 0.2) is 30.9 Å². The van der Waals surface area contributed by atoms with Gasteiger partial charge in [-0.25, -0.2) is 4.98 Å². The largest absolute Gasteiger partial charge is 0.352 e. The predicted octanol–water partition coefficient (Wildman–Crippen LogP) is 1.03. The number of aromatic nitrogens is 6. The smallest absolute Gasteiger partial charge is 0.251 e. The molecule has 0 aliphatic heterocycles. The van der Waals surface area contributed by atoms with Crippen LogP contribution in [-0.4, -0.2) is 42.2 Å². The normalized spacial score (nSPS) is 11.3. The van der Waals surface area contributed by atoms with Crippen molar-refractivity contribution in [3.05, 3.63) is 41.4 Å². The molecule has 110 valence electrons. The Morgan fingerprint density at radius 1 is 1.41 bits per heavy atom. The lowest BCUT2D eigenvalue weighted by atomic mass is 10.2. The van der Waals surface area contributed by atoms with Crippen LogP contribution in [0, 0.1) is 0 Å². The third kappa shape index (κ3) is 2.31. The van der Waals surface area contributed by atoms with Gasteiger partial charge in [-0.15, -0.1) is 10.2 Å². The van der Waals surface area contributed by atoms with Gasteiger partial charge in [0.05, 0.1) is 17.4 Å². The van der Waals surface area contributed by atoms with Crippen molar-refractivity contribution in [1.82, 2.24) is 35.1 Å². The van der Waals surface area contributed by atoms with Gasteiger partial charge in [0.1, 0.15) is 11.3 Å². The van der Waals surface area contributed by atoms with Crippen molar-refractivity contribution in [3.8, 4) is 0 Å². The Morgan fingerprint density at radius 2 is 2.36 bits per heavy atom. The second-order valence-corrected chi connectivity index (χ2v) is 5.73. The molecule has 0 aliphatic rings. The first-order valence-electron chi connectivity index (χ1n) is 6.67. The summed E-state index contributed by atoms with van der Waals surface area (Å²) >= 11 is 1.47. The van der Waals surface area contributed by atoms with E-state index in [9.17, 15) is 4.79 Å². The van der Waals surface area contributed by atoms with E-state index in [-0.39, 0.29) is 5.91 Å². The topological polar surface area (TPSA) is 101 Å². The zero-order valence-electron chi connectivity index (χ0n) is 11.4. The fourth-order valence-electron chi connectivity index (χ4n) is 2.16. The van der Waals surface area contributed by atoms with E-state index in [1.807, 2.05) is 6.07 Å². The Labute approximate surface area is 128 Å². The quantitative estimate of drug-likeness (QED) is 0.586. The average molecular weight is 313 g/mol. The number of rotatable bonds is 4. The summed E-state index contributed by atoms with van der Waals surface area (Å²) in [6, 6.07) is 5.38. The minimum atomic E-state index is -0.112. The van der Waals surface area contributed by atoms with Gasteiger partial charge in [-0.05, 0) is 18.2 Å². The summed E-state index contributed by atoms with van der Waals surface area (Å²) in [6.07, 6.45) is 3.83. The van der Waals surface area contributed by atoms with Crippen LogP contribution in [0.4, 0.5) is 0 Å². The van der Waals surface area contributed by atoms with Crippen molar-refractivity contribution in [2.75, 3.05) is 6.54 Å². The molecule has 1 aromatic carbocycles. The van der Waals surface area contributed by atoms with E-state index in [4.69, 9.17) is 0 Å². The maximum atomic E-state index is 12.1. The molecule has 0 unspecified atom stereocenters. The highest BCUT2D eigenvalue weighted by Crippen LogP contribution is 2.13. The van der Waals surface area contributed by atoms with Crippen molar-refractivity contribution in [2.24, 2.45) is 0 Å². The minimum absolute atomic E-state index is 0.112. The Bertz CT molecular complexity index is 925. The molecular weight excluding hydrogens is 302 g/mol. The summed E-state index contributed by atoms with van der Waals surface area (Å²) < 4.78 is 1.63. The monoisotopic (exact) mass is 313 g/mol. The number of carbonyl (C=O) groups is 1. The Hall–Kier alpha value is -2.81. The molecule has 0 radical (unpaired) electrons. The lowest BCUT2D eigenvalue weighted by molar-refractivity contribution is 0.0954. The zero-order valence-corrected chi connectivity index (χ0v) is 12.2. The number of amides is 1. The molecule has 0 bridgehead atoms. The summed E-state index contributed by atoms with van der Waals surface area (Å²) in [5, 5.41) is 15.8. The number of carbonyl (C=O) groups excluding carboxylic acids is 1. The van der Waals surface area contributed by atoms with Crippen molar-refractivity contribution in [1.29, 1.82) is 0 Å². The van der Waals surface area contributed by atoms with Crippen molar-refractivity contribution < 1.29 is 4.79 Å². The van der Waals surface area contributed by atoms with Crippen LogP contribution in [0.1, 0.15) is 15.4 Å². The molecular formula is C13H11N7OS. The van der Waals surface area contributed by atoms with E-state index in [1.165, 1.54) is 11.3 Å². The minimum Gasteiger partial charge on any atom is -0.352 e. The van der Waals surface area contributed by atoms with Gasteiger partial charge in [0.2, 0.25) is 4.96 Å². The molecule has 22 heavy (non-hydrogen) atoms. The van der Waals surface area contributed by atoms with E-state index in [1.54, 1.807) is 29.3 Å². The van der Waals surface area contributed by atoms with Crippen LogP contribution < -0.4 is 5.32 Å². The first-order valence-corrected chi connectivity index (χ1v) is 7.48. The second-order valence-electron chi connectivity index (χ2n) is 4.69. The number of imidazole rings is 1. The second kappa shape index (κ2) is 5.19. The summed E-state index contributed by atoms with van der Waals surface area (Å²) in [5.74, 6) is -0.112. The molecule has 0 saturated carbocycles. The predicted molar refractivity (Wildman–Crippen MR) is 80.8 cm³/mol. The van der Waals surface area contributed by atoms with E-state index in [0.29, 0.717) is 18.5 Å². The zero-order chi connectivity index (χ0) is 14.9. The van der Waals surface area contributed by atoms with E-state index in [0.717, 1.165) is 21.0 Å². The Kier molecular flexibility index (Phi) is 3.04. The third-order valence-corrected chi connectivity index (χ3v) is 4.21. The first kappa shape index (κ1) is 12.9. The van der Waals surface area contributed by atoms with E-state index < -0.39 is 0 Å². The number of nitrogens with zero attached hydrogens (tertiary/aromatic N) is 5. The lowest BCUT2D eigenvalue weighted by Gasteiger charge is -2.03. The van der Waals surface area contributed by atoms with Crippen molar-refractivity contribution in [2.45, 2.75) is 6.42 Å². The molecule has 3 heterocycles. The average Bonchev–Trinajstić information content (AvgIpc) is 3.21. The van der Waals surface area contributed by atoms with Gasteiger partial charge in [0.15, 0.2) is 0 Å². The number of H-pyrrole nitrogens is 1. The number of benzene rings is 1. The molecule has 4 aromatic rings. The van der Waals surface area contributed by atoms with Crippen LogP contribution >= 0.6 is 11.3 Å². The standard InChI is InChI=1S/C13H11N7OS/c21-12(8-1-2-9-10(5-8)16-6-15-9)14-4-3-11-19-20-7-17-18-13(20)22-11/h1-2,5-7H,3-4H2,(H,14,21)(H,15,16). The van der Waals surface area contributed by atoms with Crippen molar-refractivity contribution in [3.63, 3.8) is 0 Å². The molecule has 3 aromatic heterocycles. The van der Waals surface area contributed by atoms with Gasteiger partial charge in [0, 0.05) is 18.5 Å². The molecule has 0 saturated heterocycles.